The Bertz CT molecular complexity index is 1610. The number of halogens is 2. The fraction of sp³-hybridized carbons (Fsp3) is 0.333. The average Bonchev–Trinajstić information content (AvgIpc) is 3.63. The van der Waals surface area contributed by atoms with Gasteiger partial charge in [-0.15, -0.1) is 0 Å². The molecular formula is C33H32F2N4O5. The zero-order valence-corrected chi connectivity index (χ0v) is 24.0. The van der Waals surface area contributed by atoms with E-state index in [0.717, 1.165) is 25.3 Å². The minimum Gasteiger partial charge on any atom is -0.457 e. The highest BCUT2D eigenvalue weighted by Gasteiger charge is 2.32. The van der Waals surface area contributed by atoms with E-state index in [4.69, 9.17) is 4.74 Å². The fourth-order valence-electron chi connectivity index (χ4n) is 5.46. The number of nitrogens with one attached hydrogen (secondary N) is 2. The van der Waals surface area contributed by atoms with Crippen molar-refractivity contribution in [1.82, 2.24) is 20.4 Å². The molecule has 1 aliphatic carbocycles. The number of rotatable bonds is 10. The molecule has 3 fully saturated rings. The number of carbonyl (C=O) groups excluding carboxylic acids is 4. The lowest BCUT2D eigenvalue weighted by atomic mass is 10.1. The summed E-state index contributed by atoms with van der Waals surface area (Å²) in [6.07, 6.45) is 3.28. The Balaban J connectivity index is 1.16. The summed E-state index contributed by atoms with van der Waals surface area (Å²) in [6.45, 7) is 1.01. The van der Waals surface area contributed by atoms with Crippen LogP contribution in [0.15, 0.2) is 60.7 Å². The molecule has 4 amide bonds. The van der Waals surface area contributed by atoms with E-state index >= 15 is 0 Å². The lowest BCUT2D eigenvalue weighted by Crippen LogP contribution is -2.37. The second kappa shape index (κ2) is 12.4. The number of hydrogen-bond donors (Lipinski definition) is 2. The van der Waals surface area contributed by atoms with Gasteiger partial charge in [0.15, 0.2) is 11.6 Å². The number of likely N-dealkylation sites (tertiary alicyclic amines) is 2. The van der Waals surface area contributed by atoms with Gasteiger partial charge < -0.3 is 25.2 Å². The van der Waals surface area contributed by atoms with Gasteiger partial charge in [-0.05, 0) is 61.7 Å². The Labute approximate surface area is 253 Å². The molecule has 1 unspecified atom stereocenters. The summed E-state index contributed by atoms with van der Waals surface area (Å²) >= 11 is 0. The van der Waals surface area contributed by atoms with Gasteiger partial charge in [0.05, 0.1) is 6.04 Å². The summed E-state index contributed by atoms with van der Waals surface area (Å²) in [6, 6.07) is 15.2. The maximum absolute atomic E-state index is 14.2. The average molecular weight is 603 g/mol. The molecule has 228 valence electrons. The summed E-state index contributed by atoms with van der Waals surface area (Å²) in [7, 11) is 0. The van der Waals surface area contributed by atoms with Crippen molar-refractivity contribution < 1.29 is 32.7 Å². The van der Waals surface area contributed by atoms with Crippen LogP contribution in [0.2, 0.25) is 0 Å². The number of nitrogens with zero attached hydrogens (tertiary/aromatic N) is 2. The molecule has 3 aromatic carbocycles. The van der Waals surface area contributed by atoms with E-state index in [-0.39, 0.29) is 48.8 Å². The maximum Gasteiger partial charge on any atom is 0.251 e. The van der Waals surface area contributed by atoms with Crippen molar-refractivity contribution in [3.8, 4) is 11.5 Å². The summed E-state index contributed by atoms with van der Waals surface area (Å²) in [5.41, 5.74) is 1.59. The van der Waals surface area contributed by atoms with Crippen LogP contribution in [0.1, 0.15) is 63.9 Å². The zero-order valence-electron chi connectivity index (χ0n) is 24.0. The standard InChI is InChI=1S/C33H32F2N4O5/c34-27-4-1-3-23(31(27)35)18-39-19-25(16-30(39)41)37-33(43)21-6-7-22(17-38-14-2-5-29(38)40)28(15-21)44-26-12-8-20(9-13-26)32(42)36-24-10-11-24/h1,3-4,6-9,12-13,15,24-25H,2,5,10-11,14,16-19H2,(H,36,42)(H,37,43). The molecule has 2 N–H and O–H groups in total. The van der Waals surface area contributed by atoms with E-state index in [1.165, 1.54) is 17.0 Å². The first-order chi connectivity index (χ1) is 21.2. The van der Waals surface area contributed by atoms with Crippen LogP contribution < -0.4 is 15.4 Å². The van der Waals surface area contributed by atoms with Crippen LogP contribution in [0.3, 0.4) is 0 Å². The van der Waals surface area contributed by atoms with Gasteiger partial charge in [0.25, 0.3) is 11.8 Å². The third-order valence-electron chi connectivity index (χ3n) is 8.06. The highest BCUT2D eigenvalue weighted by molar-refractivity contribution is 5.96. The normalized spacial score (nSPS) is 18.1. The molecule has 2 saturated heterocycles. The van der Waals surface area contributed by atoms with Gasteiger partial charge in [0, 0.05) is 67.3 Å². The highest BCUT2D eigenvalue weighted by Crippen LogP contribution is 2.30. The molecule has 9 nitrogen and oxygen atoms in total. The van der Waals surface area contributed by atoms with Gasteiger partial charge in [-0.3, -0.25) is 19.2 Å². The zero-order chi connectivity index (χ0) is 30.8. The molecular weight excluding hydrogens is 570 g/mol. The Hall–Kier alpha value is -4.80. The molecule has 1 atom stereocenters. The highest BCUT2D eigenvalue weighted by atomic mass is 19.2. The molecule has 6 rings (SSSR count). The van der Waals surface area contributed by atoms with Crippen LogP contribution in [0.4, 0.5) is 8.78 Å². The Morgan fingerprint density at radius 2 is 1.52 bits per heavy atom. The Morgan fingerprint density at radius 3 is 2.25 bits per heavy atom. The number of hydrogen-bond acceptors (Lipinski definition) is 5. The molecule has 44 heavy (non-hydrogen) atoms. The van der Waals surface area contributed by atoms with Crippen molar-refractivity contribution in [1.29, 1.82) is 0 Å². The van der Waals surface area contributed by atoms with Crippen LogP contribution in [0.25, 0.3) is 0 Å². The predicted molar refractivity (Wildman–Crippen MR) is 156 cm³/mol. The van der Waals surface area contributed by atoms with Crippen molar-refractivity contribution in [2.24, 2.45) is 0 Å². The van der Waals surface area contributed by atoms with Crippen LogP contribution in [-0.2, 0) is 22.7 Å². The maximum atomic E-state index is 14.2. The third kappa shape index (κ3) is 6.72. The van der Waals surface area contributed by atoms with Crippen molar-refractivity contribution in [2.45, 2.75) is 57.3 Å². The molecule has 0 bridgehead atoms. The smallest absolute Gasteiger partial charge is 0.251 e. The van der Waals surface area contributed by atoms with E-state index in [0.29, 0.717) is 47.7 Å². The largest absolute Gasteiger partial charge is 0.457 e. The second-order valence-corrected chi connectivity index (χ2v) is 11.5. The van der Waals surface area contributed by atoms with Gasteiger partial charge in [-0.25, -0.2) is 8.78 Å². The topological polar surface area (TPSA) is 108 Å². The first kappa shape index (κ1) is 29.3. The molecule has 3 aromatic rings. The lowest BCUT2D eigenvalue weighted by molar-refractivity contribution is -0.129. The third-order valence-corrected chi connectivity index (χ3v) is 8.06. The summed E-state index contributed by atoms with van der Waals surface area (Å²) in [4.78, 5) is 53.7. The number of carbonyl (C=O) groups is 4. The summed E-state index contributed by atoms with van der Waals surface area (Å²) in [5.74, 6) is -1.92. The molecule has 0 radical (unpaired) electrons. The number of ether oxygens (including phenoxy) is 1. The van der Waals surface area contributed by atoms with Crippen molar-refractivity contribution >= 4 is 23.6 Å². The molecule has 1 saturated carbocycles. The monoisotopic (exact) mass is 602 g/mol. The molecule has 11 heteroatoms. The van der Waals surface area contributed by atoms with Gasteiger partial charge in [0.1, 0.15) is 11.5 Å². The molecule has 0 spiro atoms. The van der Waals surface area contributed by atoms with Crippen molar-refractivity contribution in [3.05, 3.63) is 94.6 Å². The molecule has 2 aliphatic heterocycles. The van der Waals surface area contributed by atoms with Gasteiger partial charge in [0.2, 0.25) is 11.8 Å². The van der Waals surface area contributed by atoms with Crippen LogP contribution in [0.5, 0.6) is 11.5 Å². The Kier molecular flexibility index (Phi) is 8.28. The summed E-state index contributed by atoms with van der Waals surface area (Å²) < 4.78 is 34.0. The second-order valence-electron chi connectivity index (χ2n) is 11.5. The summed E-state index contributed by atoms with van der Waals surface area (Å²) in [5, 5.41) is 5.81. The van der Waals surface area contributed by atoms with Crippen LogP contribution >= 0.6 is 0 Å². The van der Waals surface area contributed by atoms with Crippen LogP contribution in [-0.4, -0.2) is 58.6 Å². The first-order valence-corrected chi connectivity index (χ1v) is 14.7. The quantitative estimate of drug-likeness (QED) is 0.360. The lowest BCUT2D eigenvalue weighted by Gasteiger charge is -2.20. The van der Waals surface area contributed by atoms with Crippen LogP contribution in [0, 0.1) is 11.6 Å². The van der Waals surface area contributed by atoms with E-state index in [2.05, 4.69) is 10.6 Å². The van der Waals surface area contributed by atoms with E-state index in [1.54, 1.807) is 47.4 Å². The molecule has 3 aliphatic rings. The first-order valence-electron chi connectivity index (χ1n) is 14.7. The van der Waals surface area contributed by atoms with Crippen molar-refractivity contribution in [2.75, 3.05) is 13.1 Å². The van der Waals surface area contributed by atoms with E-state index in [9.17, 15) is 28.0 Å². The van der Waals surface area contributed by atoms with Gasteiger partial charge in [-0.2, -0.15) is 0 Å². The minimum atomic E-state index is -0.993. The number of amides is 4. The minimum absolute atomic E-state index is 0.0296. The van der Waals surface area contributed by atoms with Crippen molar-refractivity contribution in [3.63, 3.8) is 0 Å². The SMILES string of the molecule is O=C(NC1CC1)c1ccc(Oc2cc(C(=O)NC3CC(=O)N(Cc4cccc(F)c4F)C3)ccc2CN2CCCC2=O)cc1. The van der Waals surface area contributed by atoms with E-state index in [1.807, 2.05) is 0 Å². The fourth-order valence-corrected chi connectivity index (χ4v) is 5.46. The molecule has 0 aromatic heterocycles. The van der Waals surface area contributed by atoms with Gasteiger partial charge >= 0.3 is 0 Å². The molecule has 2 heterocycles. The van der Waals surface area contributed by atoms with Gasteiger partial charge in [-0.1, -0.05) is 18.2 Å². The number of benzene rings is 3. The Morgan fingerprint density at radius 1 is 0.818 bits per heavy atom. The van der Waals surface area contributed by atoms with E-state index < -0.39 is 23.6 Å². The predicted octanol–water partition coefficient (Wildman–Crippen LogP) is 4.30.